The molecule has 1 amide bonds. The molecule has 0 aromatic heterocycles. The molecule has 4 aromatic rings. The van der Waals surface area contributed by atoms with Gasteiger partial charge in [0.05, 0.1) is 13.0 Å². The first-order valence-electron chi connectivity index (χ1n) is 11.8. The number of carbonyl (C=O) groups excluding carboxylic acids is 2. The zero-order valence-electron chi connectivity index (χ0n) is 19.7. The fourth-order valence-corrected chi connectivity index (χ4v) is 4.94. The van der Waals surface area contributed by atoms with E-state index in [2.05, 4.69) is 11.4 Å². The van der Waals surface area contributed by atoms with Crippen LogP contribution in [0.25, 0.3) is 21.9 Å². The normalized spacial score (nSPS) is 14.0. The molecule has 5 nitrogen and oxygen atoms in total. The van der Waals surface area contributed by atoms with Gasteiger partial charge in [-0.15, -0.1) is 0 Å². The average molecular weight is 466 g/mol. The molecular weight excluding hydrogens is 438 g/mol. The number of fused-ring (bicyclic) bond motifs is 4. The van der Waals surface area contributed by atoms with Crippen LogP contribution >= 0.6 is 0 Å². The van der Waals surface area contributed by atoms with Crippen molar-refractivity contribution in [2.24, 2.45) is 5.92 Å². The number of alkyl carbamates (subject to hydrolysis) is 1. The van der Waals surface area contributed by atoms with Gasteiger partial charge in [-0.1, -0.05) is 91.0 Å². The number of hydrogen-bond donors (Lipinski definition) is 1. The minimum atomic E-state index is -0.567. The Kier molecular flexibility index (Phi) is 6.23. The molecule has 0 bridgehead atoms. The van der Waals surface area contributed by atoms with E-state index in [0.717, 1.165) is 38.6 Å². The van der Waals surface area contributed by atoms with E-state index in [1.807, 2.05) is 84.9 Å². The summed E-state index contributed by atoms with van der Waals surface area (Å²) in [6, 6.07) is 29.5. The van der Waals surface area contributed by atoms with Gasteiger partial charge in [0.1, 0.15) is 0 Å². The van der Waals surface area contributed by atoms with Crippen molar-refractivity contribution < 1.29 is 19.1 Å². The molecule has 4 aromatic carbocycles. The minimum Gasteiger partial charge on any atom is -0.469 e. The van der Waals surface area contributed by atoms with Crippen LogP contribution in [0.2, 0.25) is 0 Å². The standard InChI is InChI=1S/C30H27NO4/c1-19(29(32)34-2)27(18-21-12-9-11-20-10-3-4-13-22(20)21)31-30(33)35-28-25-16-7-5-14-23(25)24-15-6-8-17-26(24)28/h3-17,19,27-28H,18H2,1-2H3,(H,31,33)/t19-,27+/m1/s1. The van der Waals surface area contributed by atoms with Crippen molar-refractivity contribution in [1.82, 2.24) is 5.32 Å². The summed E-state index contributed by atoms with van der Waals surface area (Å²) in [5.41, 5.74) is 5.08. The SMILES string of the molecule is COC(=O)[C@H](C)[C@H](Cc1cccc2ccccc12)NC(=O)OC1c2ccccc2-c2ccccc21. The van der Waals surface area contributed by atoms with Crippen LogP contribution in [-0.4, -0.2) is 25.2 Å². The molecule has 0 aliphatic heterocycles. The highest BCUT2D eigenvalue weighted by Gasteiger charge is 2.33. The van der Waals surface area contributed by atoms with Crippen molar-refractivity contribution in [3.8, 4) is 11.1 Å². The maximum atomic E-state index is 13.2. The van der Waals surface area contributed by atoms with Crippen molar-refractivity contribution in [2.45, 2.75) is 25.5 Å². The summed E-state index contributed by atoms with van der Waals surface area (Å²) < 4.78 is 11.0. The van der Waals surface area contributed by atoms with Gasteiger partial charge in [-0.05, 0) is 40.8 Å². The third-order valence-electron chi connectivity index (χ3n) is 6.80. The van der Waals surface area contributed by atoms with Gasteiger partial charge in [-0.3, -0.25) is 4.79 Å². The molecule has 0 heterocycles. The first-order valence-corrected chi connectivity index (χ1v) is 11.8. The summed E-state index contributed by atoms with van der Waals surface area (Å²) in [5.74, 6) is -0.943. The molecule has 1 aliphatic carbocycles. The number of ether oxygens (including phenoxy) is 2. The lowest BCUT2D eigenvalue weighted by Gasteiger charge is -2.25. The molecule has 5 rings (SSSR count). The predicted molar refractivity (Wildman–Crippen MR) is 136 cm³/mol. The number of nitrogens with one attached hydrogen (secondary N) is 1. The first-order chi connectivity index (χ1) is 17.1. The monoisotopic (exact) mass is 465 g/mol. The van der Waals surface area contributed by atoms with Crippen molar-refractivity contribution >= 4 is 22.8 Å². The van der Waals surface area contributed by atoms with E-state index in [-0.39, 0.29) is 5.97 Å². The van der Waals surface area contributed by atoms with Crippen LogP contribution in [0.3, 0.4) is 0 Å². The Balaban J connectivity index is 1.41. The van der Waals surface area contributed by atoms with Gasteiger partial charge in [0.15, 0.2) is 6.10 Å². The van der Waals surface area contributed by atoms with Crippen LogP contribution in [0.5, 0.6) is 0 Å². The summed E-state index contributed by atoms with van der Waals surface area (Å²) in [5, 5.41) is 5.17. The van der Waals surface area contributed by atoms with Gasteiger partial charge in [0, 0.05) is 17.2 Å². The average Bonchev–Trinajstić information content (AvgIpc) is 3.21. The molecular formula is C30H27NO4. The van der Waals surface area contributed by atoms with Gasteiger partial charge in [-0.2, -0.15) is 0 Å². The van der Waals surface area contributed by atoms with Crippen molar-refractivity contribution in [3.05, 3.63) is 108 Å². The summed E-state index contributed by atoms with van der Waals surface area (Å²) in [6.45, 7) is 1.77. The fraction of sp³-hybridized carbons (Fsp3) is 0.200. The Labute approximate surface area is 204 Å². The molecule has 176 valence electrons. The summed E-state index contributed by atoms with van der Waals surface area (Å²) in [7, 11) is 1.36. The smallest absolute Gasteiger partial charge is 0.408 e. The van der Waals surface area contributed by atoms with Crippen LogP contribution in [0.4, 0.5) is 4.79 Å². The minimum absolute atomic E-state index is 0.382. The van der Waals surface area contributed by atoms with E-state index in [1.54, 1.807) is 6.92 Å². The number of amides is 1. The van der Waals surface area contributed by atoms with Gasteiger partial charge >= 0.3 is 12.1 Å². The Morgan fingerprint density at radius 1 is 0.829 bits per heavy atom. The molecule has 0 saturated carbocycles. The van der Waals surface area contributed by atoms with E-state index in [1.165, 1.54) is 7.11 Å². The highest BCUT2D eigenvalue weighted by molar-refractivity contribution is 5.86. The molecule has 1 aliphatic rings. The number of carbonyl (C=O) groups is 2. The van der Waals surface area contributed by atoms with Crippen molar-refractivity contribution in [2.75, 3.05) is 7.11 Å². The van der Waals surface area contributed by atoms with E-state index in [4.69, 9.17) is 9.47 Å². The molecule has 0 unspecified atom stereocenters. The van der Waals surface area contributed by atoms with E-state index in [9.17, 15) is 9.59 Å². The van der Waals surface area contributed by atoms with Gasteiger partial charge in [0.25, 0.3) is 0 Å². The second-order valence-electron chi connectivity index (χ2n) is 8.86. The molecule has 0 radical (unpaired) electrons. The molecule has 5 heteroatoms. The first kappa shape index (κ1) is 22.7. The number of methoxy groups -OCH3 is 1. The van der Waals surface area contributed by atoms with Crippen molar-refractivity contribution in [3.63, 3.8) is 0 Å². The molecule has 1 N–H and O–H groups in total. The summed E-state index contributed by atoms with van der Waals surface area (Å²) in [6.07, 6.45) is -0.610. The molecule has 0 spiro atoms. The highest BCUT2D eigenvalue weighted by atomic mass is 16.6. The number of esters is 1. The second-order valence-corrected chi connectivity index (χ2v) is 8.86. The predicted octanol–water partition coefficient (Wildman–Crippen LogP) is 6.06. The summed E-state index contributed by atoms with van der Waals surface area (Å²) >= 11 is 0. The third kappa shape index (κ3) is 4.37. The molecule has 0 fully saturated rings. The third-order valence-corrected chi connectivity index (χ3v) is 6.80. The van der Waals surface area contributed by atoms with Gasteiger partial charge < -0.3 is 14.8 Å². The quantitative estimate of drug-likeness (QED) is 0.352. The fourth-order valence-electron chi connectivity index (χ4n) is 4.94. The zero-order valence-corrected chi connectivity index (χ0v) is 19.7. The summed E-state index contributed by atoms with van der Waals surface area (Å²) in [4.78, 5) is 25.7. The maximum absolute atomic E-state index is 13.2. The highest BCUT2D eigenvalue weighted by Crippen LogP contribution is 2.45. The zero-order chi connectivity index (χ0) is 24.4. The van der Waals surface area contributed by atoms with E-state index < -0.39 is 24.2 Å². The van der Waals surface area contributed by atoms with Crippen LogP contribution < -0.4 is 5.32 Å². The Morgan fingerprint density at radius 3 is 2.11 bits per heavy atom. The topological polar surface area (TPSA) is 64.6 Å². The van der Waals surface area contributed by atoms with Crippen LogP contribution in [-0.2, 0) is 20.7 Å². The second kappa shape index (κ2) is 9.63. The van der Waals surface area contributed by atoms with E-state index >= 15 is 0 Å². The Morgan fingerprint density at radius 2 is 1.43 bits per heavy atom. The lowest BCUT2D eigenvalue weighted by Crippen LogP contribution is -2.44. The molecule has 2 atom stereocenters. The largest absolute Gasteiger partial charge is 0.469 e. The van der Waals surface area contributed by atoms with Crippen LogP contribution in [0.1, 0.15) is 29.7 Å². The van der Waals surface area contributed by atoms with E-state index in [0.29, 0.717) is 6.42 Å². The lowest BCUT2D eigenvalue weighted by molar-refractivity contribution is -0.145. The van der Waals surface area contributed by atoms with Crippen LogP contribution in [0.15, 0.2) is 91.0 Å². The van der Waals surface area contributed by atoms with Crippen LogP contribution in [0, 0.1) is 5.92 Å². The number of rotatable bonds is 6. The Hall–Kier alpha value is -4.12. The maximum Gasteiger partial charge on any atom is 0.408 e. The Bertz CT molecular complexity index is 1350. The van der Waals surface area contributed by atoms with Gasteiger partial charge in [0.2, 0.25) is 0 Å². The number of benzene rings is 4. The van der Waals surface area contributed by atoms with Crippen molar-refractivity contribution in [1.29, 1.82) is 0 Å². The molecule has 35 heavy (non-hydrogen) atoms. The number of hydrogen-bond acceptors (Lipinski definition) is 4. The van der Waals surface area contributed by atoms with Gasteiger partial charge in [-0.25, -0.2) is 4.79 Å². The molecule has 0 saturated heterocycles. The lowest BCUT2D eigenvalue weighted by atomic mass is 9.92.